The maximum atomic E-state index is 11.9. The number of rotatable bonds is 1. The third-order valence-electron chi connectivity index (χ3n) is 0.799. The Bertz CT molecular complexity index is 178. The predicted molar refractivity (Wildman–Crippen MR) is 28.1 cm³/mol. The summed E-state index contributed by atoms with van der Waals surface area (Å²) in [5.41, 5.74) is 0. The molecule has 1 aromatic rings. The third-order valence-corrected chi connectivity index (χ3v) is 0.799. The van der Waals surface area contributed by atoms with Gasteiger partial charge >= 0.3 is 0 Å². The summed E-state index contributed by atoms with van der Waals surface area (Å²) in [6.07, 6.45) is 0.669. The van der Waals surface area contributed by atoms with Crippen molar-refractivity contribution in [1.29, 1.82) is 0 Å². The van der Waals surface area contributed by atoms with Crippen LogP contribution in [0.4, 0.5) is 4.39 Å². The van der Waals surface area contributed by atoms with Gasteiger partial charge in [-0.1, -0.05) is 0 Å². The Morgan fingerprint density at radius 2 is 2.00 bits per heavy atom. The molecule has 3 nitrogen and oxygen atoms in total. The highest BCUT2D eigenvalue weighted by Gasteiger charge is 2.04. The summed E-state index contributed by atoms with van der Waals surface area (Å²) in [5, 5.41) is 8.23. The quantitative estimate of drug-likeness (QED) is 0.596. The first-order chi connectivity index (χ1) is 4.30. The minimum absolute atomic E-state index is 0.197. The highest BCUT2D eigenvalue weighted by atomic mass is 19.1. The lowest BCUT2D eigenvalue weighted by Gasteiger charge is -1.94. The van der Waals surface area contributed by atoms with Crippen molar-refractivity contribution in [1.82, 2.24) is 9.97 Å². The predicted octanol–water partition coefficient (Wildman–Crippen LogP) is 0.437. The minimum Gasteiger partial charge on any atom is -0.358 e. The zero-order chi connectivity index (χ0) is 6.69. The zero-order valence-corrected chi connectivity index (χ0v) is 4.53. The summed E-state index contributed by atoms with van der Waals surface area (Å²) in [7, 11) is 0. The van der Waals surface area contributed by atoms with E-state index in [2.05, 4.69) is 9.97 Å². The Morgan fingerprint density at radius 3 is 2.33 bits per heavy atom. The van der Waals surface area contributed by atoms with Gasteiger partial charge in [0.15, 0.2) is 5.82 Å². The molecule has 0 spiro atoms. The van der Waals surface area contributed by atoms with E-state index in [1.54, 1.807) is 6.07 Å². The Hall–Kier alpha value is -1.03. The molecule has 0 radical (unpaired) electrons. The maximum Gasteiger partial charge on any atom is 0.257 e. The van der Waals surface area contributed by atoms with Gasteiger partial charge in [0.1, 0.15) is 0 Å². The summed E-state index contributed by atoms with van der Waals surface area (Å²) < 4.78 is 11.9. The zero-order valence-electron chi connectivity index (χ0n) is 4.53. The number of aliphatic hydroxyl groups is 1. The minimum atomic E-state index is -2.06. The van der Waals surface area contributed by atoms with Crippen molar-refractivity contribution < 1.29 is 9.50 Å². The third kappa shape index (κ3) is 1.43. The molecule has 4 heteroatoms. The van der Waals surface area contributed by atoms with Crippen LogP contribution in [-0.4, -0.2) is 15.1 Å². The molecule has 1 N–H and O–H groups in total. The van der Waals surface area contributed by atoms with Gasteiger partial charge in [0.2, 0.25) is 0 Å². The summed E-state index contributed by atoms with van der Waals surface area (Å²) in [5.74, 6) is -0.197. The van der Waals surface area contributed by atoms with E-state index in [0.29, 0.717) is 0 Å². The number of alkyl halides is 1. The van der Waals surface area contributed by atoms with Crippen LogP contribution in [0.5, 0.6) is 0 Å². The fourth-order valence-electron chi connectivity index (χ4n) is 0.434. The van der Waals surface area contributed by atoms with Crippen molar-refractivity contribution in [2.24, 2.45) is 0 Å². The van der Waals surface area contributed by atoms with Crippen molar-refractivity contribution >= 4 is 0 Å². The molecule has 0 bridgehead atoms. The van der Waals surface area contributed by atoms with Crippen LogP contribution < -0.4 is 0 Å². The van der Waals surface area contributed by atoms with Gasteiger partial charge < -0.3 is 5.11 Å². The molecule has 0 fully saturated rings. The van der Waals surface area contributed by atoms with Crippen LogP contribution in [0.25, 0.3) is 0 Å². The molecule has 0 saturated carbocycles. The first-order valence-corrected chi connectivity index (χ1v) is 2.40. The largest absolute Gasteiger partial charge is 0.358 e. The second kappa shape index (κ2) is 2.50. The Morgan fingerprint density at radius 1 is 1.44 bits per heavy atom. The average Bonchev–Trinajstić information content (AvgIpc) is 1.90. The van der Waals surface area contributed by atoms with Gasteiger partial charge in [-0.15, -0.1) is 0 Å². The Balaban J connectivity index is 2.85. The molecule has 9 heavy (non-hydrogen) atoms. The first kappa shape index (κ1) is 6.10. The van der Waals surface area contributed by atoms with Crippen LogP contribution >= 0.6 is 0 Å². The monoisotopic (exact) mass is 128 g/mol. The lowest BCUT2D eigenvalue weighted by atomic mass is 10.6. The molecular weight excluding hydrogens is 123 g/mol. The van der Waals surface area contributed by atoms with Crippen molar-refractivity contribution in [3.8, 4) is 0 Å². The maximum absolute atomic E-state index is 11.9. The number of aliphatic hydroxyl groups excluding tert-OH is 1. The lowest BCUT2D eigenvalue weighted by Crippen LogP contribution is -1.95. The molecule has 1 unspecified atom stereocenters. The molecule has 1 atom stereocenters. The molecular formula is C5H5FN2O. The van der Waals surface area contributed by atoms with Crippen LogP contribution in [0.1, 0.15) is 12.2 Å². The summed E-state index contributed by atoms with van der Waals surface area (Å²) in [4.78, 5) is 6.88. The normalized spacial score (nSPS) is 13.1. The van der Waals surface area contributed by atoms with E-state index < -0.39 is 6.36 Å². The molecule has 48 valence electrons. The number of hydrogen-bond acceptors (Lipinski definition) is 3. The van der Waals surface area contributed by atoms with Crippen LogP contribution in [0.2, 0.25) is 0 Å². The van der Waals surface area contributed by atoms with Gasteiger partial charge in [0.05, 0.1) is 0 Å². The summed E-state index contributed by atoms with van der Waals surface area (Å²) in [6.45, 7) is 0. The Labute approximate surface area is 51.2 Å². The molecule has 0 aromatic carbocycles. The van der Waals surface area contributed by atoms with E-state index in [1.165, 1.54) is 12.4 Å². The van der Waals surface area contributed by atoms with E-state index in [1.807, 2.05) is 0 Å². The van der Waals surface area contributed by atoms with Gasteiger partial charge in [-0.25, -0.2) is 14.4 Å². The Kier molecular flexibility index (Phi) is 1.69. The van der Waals surface area contributed by atoms with Crippen LogP contribution in [0, 0.1) is 0 Å². The fraction of sp³-hybridized carbons (Fsp3) is 0.200. The fourth-order valence-corrected chi connectivity index (χ4v) is 0.434. The summed E-state index contributed by atoms with van der Waals surface area (Å²) in [6, 6.07) is 1.55. The molecule has 0 aliphatic rings. The average molecular weight is 128 g/mol. The van der Waals surface area contributed by atoms with Gasteiger partial charge in [-0.2, -0.15) is 0 Å². The standard InChI is InChI=1S/C5H5FN2O/c6-4(9)5-7-2-1-3-8-5/h1-4,9H. The van der Waals surface area contributed by atoms with Crippen molar-refractivity contribution in [2.45, 2.75) is 6.36 Å². The van der Waals surface area contributed by atoms with E-state index in [9.17, 15) is 4.39 Å². The number of nitrogens with zero attached hydrogens (tertiary/aromatic N) is 2. The van der Waals surface area contributed by atoms with Gasteiger partial charge in [-0.05, 0) is 6.07 Å². The second-order valence-corrected chi connectivity index (χ2v) is 1.44. The lowest BCUT2D eigenvalue weighted by molar-refractivity contribution is 0.0327. The van der Waals surface area contributed by atoms with Crippen molar-refractivity contribution in [3.63, 3.8) is 0 Å². The smallest absolute Gasteiger partial charge is 0.257 e. The van der Waals surface area contributed by atoms with Crippen LogP contribution in [0.15, 0.2) is 18.5 Å². The van der Waals surface area contributed by atoms with Crippen LogP contribution in [-0.2, 0) is 0 Å². The molecule has 0 amide bonds. The molecule has 0 aliphatic carbocycles. The topological polar surface area (TPSA) is 46.0 Å². The second-order valence-electron chi connectivity index (χ2n) is 1.44. The van der Waals surface area contributed by atoms with Gasteiger partial charge in [0, 0.05) is 12.4 Å². The highest BCUT2D eigenvalue weighted by molar-refractivity contribution is 4.88. The van der Waals surface area contributed by atoms with E-state index in [0.717, 1.165) is 0 Å². The number of aromatic nitrogens is 2. The molecule has 1 aromatic heterocycles. The van der Waals surface area contributed by atoms with Crippen LogP contribution in [0.3, 0.4) is 0 Å². The molecule has 0 aliphatic heterocycles. The molecule has 1 heterocycles. The molecule has 0 saturated heterocycles. The van der Waals surface area contributed by atoms with E-state index in [4.69, 9.17) is 5.11 Å². The van der Waals surface area contributed by atoms with E-state index in [-0.39, 0.29) is 5.82 Å². The molecule has 1 rings (SSSR count). The number of halogens is 1. The first-order valence-electron chi connectivity index (χ1n) is 2.40. The van der Waals surface area contributed by atoms with Gasteiger partial charge in [0.25, 0.3) is 6.36 Å². The van der Waals surface area contributed by atoms with E-state index >= 15 is 0 Å². The number of hydrogen-bond donors (Lipinski definition) is 1. The van der Waals surface area contributed by atoms with Gasteiger partial charge in [-0.3, -0.25) is 0 Å². The van der Waals surface area contributed by atoms with Crippen molar-refractivity contribution in [3.05, 3.63) is 24.3 Å². The SMILES string of the molecule is OC(F)c1ncccn1. The van der Waals surface area contributed by atoms with Crippen molar-refractivity contribution in [2.75, 3.05) is 0 Å². The highest BCUT2D eigenvalue weighted by Crippen LogP contribution is 2.04. The summed E-state index contributed by atoms with van der Waals surface area (Å²) >= 11 is 0.